The van der Waals surface area contributed by atoms with E-state index in [1.54, 1.807) is 37.3 Å². The number of hydrogen-bond acceptors (Lipinski definition) is 7. The molecule has 1 heterocycles. The molecule has 0 saturated heterocycles. The van der Waals surface area contributed by atoms with Gasteiger partial charge in [0.2, 0.25) is 5.91 Å². The van der Waals surface area contributed by atoms with Gasteiger partial charge in [-0.1, -0.05) is 49.6 Å². The van der Waals surface area contributed by atoms with Crippen LogP contribution < -0.4 is 20.7 Å². The Labute approximate surface area is 302 Å². The highest BCUT2D eigenvalue weighted by Gasteiger charge is 2.42. The van der Waals surface area contributed by atoms with E-state index >= 15 is 4.39 Å². The maximum atomic E-state index is 15.3. The van der Waals surface area contributed by atoms with Crippen molar-refractivity contribution in [3.8, 4) is 11.5 Å². The number of ether oxygens (including phenoxy) is 2. The summed E-state index contributed by atoms with van der Waals surface area (Å²) in [4.78, 5) is 43.3. The largest absolute Gasteiger partial charge is 0.506 e. The van der Waals surface area contributed by atoms with E-state index < -0.39 is 47.1 Å². The first-order chi connectivity index (χ1) is 24.8. The standard InChI is InChI=1S/C37H45F4N4O6P/c1-2-50-32(47)15-7-4-10-18-42-33(48)29-13-8-9-14-30(29)44-35(49)45-36(22-24-11-5-3-6-12-24,31-17-16-27(46)23-43-31)25-19-26(38)21-28(20-25)51-37(41,52)34(39)40/h3,5-6,11-12,16-17,19-21,23,29-30,34,46H,2,4,7-10,13-15,18,22,52H2,1H3,(H,42,48)(H2,44,45,49)/t29-,30+,36-,37?/m0/s1. The lowest BCUT2D eigenvalue weighted by Crippen LogP contribution is -2.57. The molecule has 5 atom stereocenters. The van der Waals surface area contributed by atoms with Gasteiger partial charge in [-0.05, 0) is 77.2 Å². The lowest BCUT2D eigenvalue weighted by atomic mass is 9.80. The number of carbonyl (C=O) groups excluding carboxylic acids is 3. The summed E-state index contributed by atoms with van der Waals surface area (Å²) in [6.07, 6.45) is 2.41. The van der Waals surface area contributed by atoms with E-state index in [2.05, 4.69) is 20.9 Å². The first-order valence-electron chi connectivity index (χ1n) is 17.3. The number of nitrogens with zero attached hydrogens (tertiary/aromatic N) is 1. The normalized spacial score (nSPS) is 18.1. The van der Waals surface area contributed by atoms with Crippen molar-refractivity contribution >= 4 is 27.1 Å². The number of aromatic nitrogens is 1. The van der Waals surface area contributed by atoms with Crippen LogP contribution in [0.25, 0.3) is 0 Å². The molecule has 1 aromatic heterocycles. The highest BCUT2D eigenvalue weighted by molar-refractivity contribution is 7.18. The monoisotopic (exact) mass is 748 g/mol. The van der Waals surface area contributed by atoms with Gasteiger partial charge in [0.25, 0.3) is 0 Å². The van der Waals surface area contributed by atoms with Crippen LogP contribution in [0.1, 0.15) is 75.1 Å². The van der Waals surface area contributed by atoms with E-state index in [0.29, 0.717) is 50.8 Å². The van der Waals surface area contributed by atoms with E-state index in [4.69, 9.17) is 9.47 Å². The van der Waals surface area contributed by atoms with Crippen LogP contribution in [0.2, 0.25) is 0 Å². The van der Waals surface area contributed by atoms with Gasteiger partial charge < -0.3 is 30.5 Å². The lowest BCUT2D eigenvalue weighted by molar-refractivity contribution is -0.143. The van der Waals surface area contributed by atoms with Gasteiger partial charge in [-0.15, -0.1) is 0 Å². The Bertz CT molecular complexity index is 1640. The van der Waals surface area contributed by atoms with Gasteiger partial charge in [-0.3, -0.25) is 14.6 Å². The van der Waals surface area contributed by atoms with Crippen molar-refractivity contribution in [2.45, 2.75) is 88.3 Å². The van der Waals surface area contributed by atoms with Gasteiger partial charge in [0.1, 0.15) is 22.9 Å². The molecule has 0 bridgehead atoms. The highest BCUT2D eigenvalue weighted by Crippen LogP contribution is 2.38. The summed E-state index contributed by atoms with van der Waals surface area (Å²) in [5.41, 5.74) is -4.50. The Morgan fingerprint density at radius 3 is 2.48 bits per heavy atom. The van der Waals surface area contributed by atoms with Crippen LogP contribution in [-0.2, 0) is 26.3 Å². The van der Waals surface area contributed by atoms with Crippen LogP contribution >= 0.6 is 9.24 Å². The molecule has 1 fully saturated rings. The average molecular weight is 749 g/mol. The van der Waals surface area contributed by atoms with Gasteiger partial charge in [0.15, 0.2) is 0 Å². The number of rotatable bonds is 17. The Morgan fingerprint density at radius 2 is 1.79 bits per heavy atom. The molecular weight excluding hydrogens is 703 g/mol. The lowest BCUT2D eigenvalue weighted by Gasteiger charge is -2.37. The number of halogens is 4. The zero-order chi connectivity index (χ0) is 37.7. The molecular formula is C37H45F4N4O6P. The summed E-state index contributed by atoms with van der Waals surface area (Å²) in [7, 11) is 1.27. The molecule has 1 aliphatic carbocycles. The van der Waals surface area contributed by atoms with Crippen LogP contribution in [-0.4, -0.2) is 59.2 Å². The number of urea groups is 1. The third-order valence-electron chi connectivity index (χ3n) is 8.84. The summed E-state index contributed by atoms with van der Waals surface area (Å²) in [6.45, 7) is 2.47. The van der Waals surface area contributed by atoms with E-state index in [1.807, 2.05) is 0 Å². The van der Waals surface area contributed by atoms with Crippen molar-refractivity contribution in [1.82, 2.24) is 20.9 Å². The smallest absolute Gasteiger partial charge is 0.319 e. The number of amides is 3. The maximum absolute atomic E-state index is 15.3. The fourth-order valence-electron chi connectivity index (χ4n) is 6.32. The zero-order valence-corrected chi connectivity index (χ0v) is 30.0. The predicted molar refractivity (Wildman–Crippen MR) is 189 cm³/mol. The third kappa shape index (κ3) is 11.3. The van der Waals surface area contributed by atoms with Crippen molar-refractivity contribution in [2.24, 2.45) is 5.92 Å². The number of alkyl halides is 3. The molecule has 1 aliphatic rings. The number of aromatic hydroxyl groups is 1. The summed E-state index contributed by atoms with van der Waals surface area (Å²) in [6, 6.07) is 13.2. The van der Waals surface area contributed by atoms with Gasteiger partial charge in [-0.25, -0.2) is 18.0 Å². The number of nitrogens with one attached hydrogen (secondary N) is 3. The van der Waals surface area contributed by atoms with Crippen LogP contribution in [0.3, 0.4) is 0 Å². The van der Waals surface area contributed by atoms with Gasteiger partial charge >= 0.3 is 24.0 Å². The molecule has 2 aromatic carbocycles. The van der Waals surface area contributed by atoms with Gasteiger partial charge in [0, 0.05) is 31.5 Å². The molecule has 4 rings (SSSR count). The second-order valence-corrected chi connectivity index (χ2v) is 13.5. The molecule has 15 heteroatoms. The molecule has 282 valence electrons. The van der Waals surface area contributed by atoms with Crippen molar-refractivity contribution in [3.63, 3.8) is 0 Å². The van der Waals surface area contributed by atoms with Crippen molar-refractivity contribution in [1.29, 1.82) is 0 Å². The Kier molecular flexibility index (Phi) is 14.6. The molecule has 1 saturated carbocycles. The quantitative estimate of drug-likeness (QED) is 0.0525. The van der Waals surface area contributed by atoms with Gasteiger partial charge in [-0.2, -0.15) is 4.39 Å². The number of esters is 1. The fraction of sp³-hybridized carbons (Fsp3) is 0.459. The Morgan fingerprint density at radius 1 is 1.04 bits per heavy atom. The van der Waals surface area contributed by atoms with E-state index in [0.717, 1.165) is 43.7 Å². The molecule has 0 spiro atoms. The van der Waals surface area contributed by atoms with E-state index in [-0.39, 0.29) is 35.3 Å². The summed E-state index contributed by atoms with van der Waals surface area (Å²) >= 11 is 0. The second kappa shape index (κ2) is 18.9. The minimum absolute atomic E-state index is 0.0179. The predicted octanol–water partition coefficient (Wildman–Crippen LogP) is 6.65. The van der Waals surface area contributed by atoms with Crippen molar-refractivity contribution < 1.29 is 46.5 Å². The van der Waals surface area contributed by atoms with Crippen molar-refractivity contribution in [2.75, 3.05) is 13.2 Å². The van der Waals surface area contributed by atoms with Crippen LogP contribution in [0.5, 0.6) is 11.5 Å². The average Bonchev–Trinajstić information content (AvgIpc) is 3.10. The first kappa shape index (κ1) is 40.3. The minimum atomic E-state index is -3.59. The van der Waals surface area contributed by atoms with Crippen LogP contribution in [0.4, 0.5) is 22.4 Å². The number of unbranched alkanes of at least 4 members (excludes halogenated alkanes) is 2. The fourth-order valence-corrected chi connectivity index (χ4v) is 6.45. The topological polar surface area (TPSA) is 139 Å². The van der Waals surface area contributed by atoms with E-state index in [1.165, 1.54) is 21.4 Å². The summed E-state index contributed by atoms with van der Waals surface area (Å²) < 4.78 is 66.6. The van der Waals surface area contributed by atoms with Crippen LogP contribution in [0, 0.1) is 11.7 Å². The van der Waals surface area contributed by atoms with Crippen molar-refractivity contribution in [3.05, 3.63) is 89.5 Å². The second-order valence-electron chi connectivity index (χ2n) is 12.7. The SMILES string of the molecule is CCOC(=O)CCCCCNC(=O)[C@H]1CCCC[C@H]1NC(=O)N[C@@](Cc1ccccc1)(c1cc(F)cc(OC(F)(P)C(F)F)c1)c1ccc(O)cn1. The minimum Gasteiger partial charge on any atom is -0.506 e. The number of hydrogen-bond donors (Lipinski definition) is 4. The molecule has 0 aliphatic heterocycles. The highest BCUT2D eigenvalue weighted by atomic mass is 31.0. The number of benzene rings is 2. The number of pyridine rings is 1. The molecule has 2 unspecified atom stereocenters. The Hall–Kier alpha value is -4.45. The summed E-state index contributed by atoms with van der Waals surface area (Å²) in [5, 5.41) is 18.9. The van der Waals surface area contributed by atoms with Gasteiger partial charge in [0.05, 0.1) is 24.4 Å². The Balaban J connectivity index is 1.61. The first-order valence-corrected chi connectivity index (χ1v) is 17.9. The third-order valence-corrected chi connectivity index (χ3v) is 9.21. The summed E-state index contributed by atoms with van der Waals surface area (Å²) in [5.74, 6) is -2.75. The molecule has 10 nitrogen and oxygen atoms in total. The van der Waals surface area contributed by atoms with E-state index in [9.17, 15) is 32.7 Å². The zero-order valence-electron chi connectivity index (χ0n) is 28.9. The molecule has 3 amide bonds. The molecule has 3 aromatic rings. The molecule has 4 N–H and O–H groups in total. The maximum Gasteiger partial charge on any atom is 0.319 e. The number of carbonyl (C=O) groups is 3. The molecule has 0 radical (unpaired) electrons. The van der Waals surface area contributed by atoms with Crippen LogP contribution in [0.15, 0.2) is 66.9 Å². The molecule has 52 heavy (non-hydrogen) atoms.